The van der Waals surface area contributed by atoms with Crippen molar-refractivity contribution in [1.29, 1.82) is 0 Å². The van der Waals surface area contributed by atoms with Crippen LogP contribution in [0.2, 0.25) is 0 Å². The highest BCUT2D eigenvalue weighted by molar-refractivity contribution is 7.85. The van der Waals surface area contributed by atoms with Gasteiger partial charge in [-0.1, -0.05) is 133 Å². The molecular weight excluding hydrogens is 507 g/mol. The standard InChI is InChI=1S/C37H25O2P/c38-40(26-13-3-1-4-14-26,27-15-5-2-6-16-27)28-23-24-30-29-17-7-8-18-31(29)37(34(30)25-28)32-19-9-11-21-35(32)39-36-22-12-10-20-33(36)37/h1-25H. The average molecular weight is 533 g/mol. The first-order valence-electron chi connectivity index (χ1n) is 13.6. The van der Waals surface area contributed by atoms with Crippen LogP contribution in [0.5, 0.6) is 11.5 Å². The molecule has 0 bridgehead atoms. The normalized spacial score (nSPS) is 14.0. The molecule has 8 rings (SSSR count). The number of rotatable bonds is 3. The summed E-state index contributed by atoms with van der Waals surface area (Å²) in [5.74, 6) is 1.70. The van der Waals surface area contributed by atoms with E-state index in [-0.39, 0.29) is 0 Å². The zero-order valence-corrected chi connectivity index (χ0v) is 22.6. The first-order chi connectivity index (χ1) is 19.7. The van der Waals surface area contributed by atoms with E-state index >= 15 is 4.57 Å². The van der Waals surface area contributed by atoms with Crippen LogP contribution < -0.4 is 20.7 Å². The van der Waals surface area contributed by atoms with Gasteiger partial charge >= 0.3 is 0 Å². The van der Waals surface area contributed by atoms with Crippen molar-refractivity contribution in [2.45, 2.75) is 5.41 Å². The molecule has 190 valence electrons. The van der Waals surface area contributed by atoms with E-state index in [2.05, 4.69) is 78.9 Å². The molecule has 0 aromatic heterocycles. The zero-order valence-electron chi connectivity index (χ0n) is 21.7. The van der Waals surface area contributed by atoms with E-state index in [1.807, 2.05) is 72.8 Å². The van der Waals surface area contributed by atoms with Crippen LogP contribution in [0.3, 0.4) is 0 Å². The number of hydrogen-bond acceptors (Lipinski definition) is 2. The number of hydrogen-bond donors (Lipinski definition) is 0. The van der Waals surface area contributed by atoms with Gasteiger partial charge in [-0.2, -0.15) is 0 Å². The number of fused-ring (bicyclic) bond motifs is 9. The first-order valence-corrected chi connectivity index (χ1v) is 15.3. The van der Waals surface area contributed by atoms with Crippen LogP contribution in [0.15, 0.2) is 152 Å². The van der Waals surface area contributed by atoms with Crippen LogP contribution in [0.1, 0.15) is 22.3 Å². The molecule has 6 aromatic rings. The minimum absolute atomic E-state index is 0.592. The van der Waals surface area contributed by atoms with Crippen molar-refractivity contribution < 1.29 is 9.30 Å². The third-order valence-corrected chi connectivity index (χ3v) is 11.5. The molecule has 0 unspecified atom stereocenters. The van der Waals surface area contributed by atoms with E-state index in [1.54, 1.807) is 0 Å². The smallest absolute Gasteiger partial charge is 0.171 e. The van der Waals surface area contributed by atoms with Gasteiger partial charge in [0.25, 0.3) is 0 Å². The summed E-state index contributed by atoms with van der Waals surface area (Å²) >= 11 is 0. The van der Waals surface area contributed by atoms with Crippen LogP contribution in [-0.4, -0.2) is 0 Å². The van der Waals surface area contributed by atoms with Gasteiger partial charge in [0.05, 0.1) is 5.41 Å². The minimum Gasteiger partial charge on any atom is -0.457 e. The van der Waals surface area contributed by atoms with Crippen molar-refractivity contribution in [3.05, 3.63) is 174 Å². The van der Waals surface area contributed by atoms with Crippen LogP contribution >= 0.6 is 7.14 Å². The monoisotopic (exact) mass is 532 g/mol. The third kappa shape index (κ3) is 3.03. The molecule has 1 spiro atoms. The molecule has 0 fully saturated rings. The van der Waals surface area contributed by atoms with E-state index in [0.717, 1.165) is 44.1 Å². The highest BCUT2D eigenvalue weighted by Gasteiger charge is 2.51. The maximum absolute atomic E-state index is 15.4. The Labute approximate surface area is 233 Å². The van der Waals surface area contributed by atoms with E-state index in [0.29, 0.717) is 0 Å². The largest absolute Gasteiger partial charge is 0.457 e. The Morgan fingerprint density at radius 1 is 0.425 bits per heavy atom. The van der Waals surface area contributed by atoms with E-state index in [9.17, 15) is 0 Å². The molecule has 6 aromatic carbocycles. The van der Waals surface area contributed by atoms with Gasteiger partial charge in [0.1, 0.15) is 11.5 Å². The predicted octanol–water partition coefficient (Wildman–Crippen LogP) is 7.79. The molecule has 1 aliphatic heterocycles. The van der Waals surface area contributed by atoms with E-state index < -0.39 is 12.6 Å². The molecular formula is C37H25O2P. The molecule has 2 nitrogen and oxygen atoms in total. The average Bonchev–Trinajstić information content (AvgIpc) is 3.32. The quantitative estimate of drug-likeness (QED) is 0.217. The Morgan fingerprint density at radius 2 is 0.900 bits per heavy atom. The minimum atomic E-state index is -3.17. The predicted molar refractivity (Wildman–Crippen MR) is 163 cm³/mol. The lowest BCUT2D eigenvalue weighted by Gasteiger charge is -2.39. The molecule has 2 aliphatic rings. The highest BCUT2D eigenvalue weighted by atomic mass is 31.2. The third-order valence-electron chi connectivity index (χ3n) is 8.43. The summed E-state index contributed by atoms with van der Waals surface area (Å²) in [6.07, 6.45) is 0. The lowest BCUT2D eigenvalue weighted by atomic mass is 9.66. The fourth-order valence-corrected chi connectivity index (χ4v) is 9.43. The number of benzene rings is 6. The Bertz CT molecular complexity index is 1870. The number of ether oxygens (including phenoxy) is 1. The van der Waals surface area contributed by atoms with Crippen LogP contribution in [0.25, 0.3) is 11.1 Å². The lowest BCUT2D eigenvalue weighted by Crippen LogP contribution is -2.33. The Kier molecular flexibility index (Phi) is 5.05. The van der Waals surface area contributed by atoms with Crippen molar-refractivity contribution in [1.82, 2.24) is 0 Å². The molecule has 1 heterocycles. The highest BCUT2D eigenvalue weighted by Crippen LogP contribution is 2.62. The summed E-state index contributed by atoms with van der Waals surface area (Å²) in [5, 5.41) is 2.49. The van der Waals surface area contributed by atoms with Crippen molar-refractivity contribution >= 4 is 23.1 Å². The molecule has 0 amide bonds. The maximum atomic E-state index is 15.4. The van der Waals surface area contributed by atoms with Gasteiger partial charge in [-0.05, 0) is 40.5 Å². The Morgan fingerprint density at radius 3 is 1.50 bits per heavy atom. The maximum Gasteiger partial charge on any atom is 0.171 e. The van der Waals surface area contributed by atoms with Gasteiger partial charge in [-0.15, -0.1) is 0 Å². The number of para-hydroxylation sites is 2. The van der Waals surface area contributed by atoms with Crippen LogP contribution in [-0.2, 0) is 9.98 Å². The fraction of sp³-hybridized carbons (Fsp3) is 0.0270. The summed E-state index contributed by atoms with van der Waals surface area (Å²) in [6.45, 7) is 0. The van der Waals surface area contributed by atoms with Gasteiger partial charge in [-0.25, -0.2) is 0 Å². The van der Waals surface area contributed by atoms with Gasteiger partial charge in [0.15, 0.2) is 7.14 Å². The van der Waals surface area contributed by atoms with Crippen molar-refractivity contribution in [3.8, 4) is 22.6 Å². The van der Waals surface area contributed by atoms with E-state index in [1.165, 1.54) is 16.7 Å². The fourth-order valence-electron chi connectivity index (χ4n) is 6.76. The topological polar surface area (TPSA) is 26.3 Å². The van der Waals surface area contributed by atoms with Gasteiger partial charge in [-0.3, -0.25) is 0 Å². The van der Waals surface area contributed by atoms with Gasteiger partial charge in [0.2, 0.25) is 0 Å². The summed E-state index contributed by atoms with van der Waals surface area (Å²) in [6, 6.07) is 51.6. The molecule has 1 aliphatic carbocycles. The molecule has 0 saturated heterocycles. The van der Waals surface area contributed by atoms with Crippen molar-refractivity contribution in [2.75, 3.05) is 0 Å². The summed E-state index contributed by atoms with van der Waals surface area (Å²) in [7, 11) is -3.17. The second kappa shape index (κ2) is 8.68. The lowest BCUT2D eigenvalue weighted by molar-refractivity contribution is 0.436. The Hall–Kier alpha value is -4.65. The summed E-state index contributed by atoms with van der Waals surface area (Å²) < 4.78 is 21.9. The molecule has 40 heavy (non-hydrogen) atoms. The summed E-state index contributed by atoms with van der Waals surface area (Å²) in [4.78, 5) is 0. The molecule has 0 atom stereocenters. The van der Waals surface area contributed by atoms with Crippen molar-refractivity contribution in [2.24, 2.45) is 0 Å². The molecule has 0 radical (unpaired) electrons. The second-order valence-electron chi connectivity index (χ2n) is 10.4. The Balaban J connectivity index is 1.49. The van der Waals surface area contributed by atoms with E-state index in [4.69, 9.17) is 4.74 Å². The van der Waals surface area contributed by atoms with Gasteiger partial charge in [0, 0.05) is 27.0 Å². The van der Waals surface area contributed by atoms with Gasteiger partial charge < -0.3 is 9.30 Å². The molecule has 0 N–H and O–H groups in total. The SMILES string of the molecule is O=P(c1ccccc1)(c1ccccc1)c1ccc2c(c1)C1(c3ccccc3Oc3ccccc31)c1ccccc1-2. The second-order valence-corrected chi connectivity index (χ2v) is 13.2. The van der Waals surface area contributed by atoms with Crippen LogP contribution in [0.4, 0.5) is 0 Å². The zero-order chi connectivity index (χ0) is 26.7. The van der Waals surface area contributed by atoms with Crippen molar-refractivity contribution in [3.63, 3.8) is 0 Å². The molecule has 0 saturated carbocycles. The van der Waals surface area contributed by atoms with Crippen LogP contribution in [0, 0.1) is 0 Å². The molecule has 3 heteroatoms. The summed E-state index contributed by atoms with van der Waals surface area (Å²) in [5.41, 5.74) is 6.34. The first kappa shape index (κ1) is 23.3.